The average Bonchev–Trinajstić information content (AvgIpc) is 3.02. The number of rotatable bonds is 4. The molecule has 1 atom stereocenters. The van der Waals surface area contributed by atoms with Gasteiger partial charge in [-0.3, -0.25) is 4.79 Å². The molecular weight excluding hydrogens is 328 g/mol. The molecule has 0 saturated heterocycles. The maximum Gasteiger partial charge on any atom is 0.253 e. The van der Waals surface area contributed by atoms with Crippen LogP contribution in [-0.4, -0.2) is 26.5 Å². The fourth-order valence-electron chi connectivity index (χ4n) is 3.16. The van der Waals surface area contributed by atoms with Gasteiger partial charge in [0.15, 0.2) is 0 Å². The number of ether oxygens (including phenoxy) is 1. The minimum absolute atomic E-state index is 0.101. The number of amides is 1. The Balaban J connectivity index is 1.38. The third-order valence-electron chi connectivity index (χ3n) is 4.41. The van der Waals surface area contributed by atoms with E-state index in [0.29, 0.717) is 17.2 Å². The Labute approximate surface area is 151 Å². The van der Waals surface area contributed by atoms with Crippen LogP contribution in [0.5, 0.6) is 11.6 Å². The van der Waals surface area contributed by atoms with Gasteiger partial charge >= 0.3 is 0 Å². The maximum atomic E-state index is 12.5. The molecule has 6 nitrogen and oxygen atoms in total. The van der Waals surface area contributed by atoms with Crippen molar-refractivity contribution in [1.82, 2.24) is 19.9 Å². The second kappa shape index (κ2) is 7.00. The largest absolute Gasteiger partial charge is 0.439 e. The smallest absolute Gasteiger partial charge is 0.253 e. The van der Waals surface area contributed by atoms with E-state index in [2.05, 4.69) is 19.9 Å². The molecule has 1 N–H and O–H groups in total. The van der Waals surface area contributed by atoms with Gasteiger partial charge in [0.2, 0.25) is 5.88 Å². The molecule has 0 aliphatic carbocycles. The fourth-order valence-corrected chi connectivity index (χ4v) is 3.16. The molecule has 0 saturated carbocycles. The molecule has 26 heavy (non-hydrogen) atoms. The number of aryl methyl sites for hydroxylation is 2. The highest BCUT2D eigenvalue weighted by Crippen LogP contribution is 2.19. The summed E-state index contributed by atoms with van der Waals surface area (Å²) in [4.78, 5) is 21.2. The molecule has 3 heterocycles. The lowest BCUT2D eigenvalue weighted by Crippen LogP contribution is -2.40. The highest BCUT2D eigenvalue weighted by Gasteiger charge is 2.21. The molecule has 1 unspecified atom stereocenters. The Bertz CT molecular complexity index is 903. The Kier molecular flexibility index (Phi) is 4.39. The van der Waals surface area contributed by atoms with Crippen molar-refractivity contribution in [3.05, 3.63) is 71.9 Å². The van der Waals surface area contributed by atoms with Crippen molar-refractivity contribution in [3.63, 3.8) is 0 Å². The van der Waals surface area contributed by atoms with Crippen molar-refractivity contribution in [3.8, 4) is 11.6 Å². The summed E-state index contributed by atoms with van der Waals surface area (Å²) < 4.78 is 7.78. The first-order chi connectivity index (χ1) is 12.7. The van der Waals surface area contributed by atoms with Crippen LogP contribution in [0.2, 0.25) is 0 Å². The molecule has 132 valence electrons. The van der Waals surface area contributed by atoms with Crippen LogP contribution in [0.4, 0.5) is 0 Å². The molecule has 0 bridgehead atoms. The summed E-state index contributed by atoms with van der Waals surface area (Å²) in [6.07, 6.45) is 5.35. The van der Waals surface area contributed by atoms with Gasteiger partial charge in [-0.1, -0.05) is 18.2 Å². The van der Waals surface area contributed by atoms with Gasteiger partial charge in [-0.05, 0) is 31.5 Å². The Hall–Kier alpha value is -3.15. The van der Waals surface area contributed by atoms with Crippen molar-refractivity contribution in [2.45, 2.75) is 32.4 Å². The lowest BCUT2D eigenvalue weighted by Gasteiger charge is -2.24. The van der Waals surface area contributed by atoms with Crippen LogP contribution in [0.25, 0.3) is 0 Å². The number of pyridine rings is 1. The van der Waals surface area contributed by atoms with Gasteiger partial charge < -0.3 is 14.6 Å². The lowest BCUT2D eigenvalue weighted by molar-refractivity contribution is 0.0927. The summed E-state index contributed by atoms with van der Waals surface area (Å²) in [5.74, 6) is 2.15. The van der Waals surface area contributed by atoms with E-state index in [9.17, 15) is 4.79 Å². The van der Waals surface area contributed by atoms with Crippen molar-refractivity contribution < 1.29 is 9.53 Å². The number of carbonyl (C=O) groups excluding carboxylic acids is 1. The Morgan fingerprint density at radius 3 is 2.85 bits per heavy atom. The zero-order chi connectivity index (χ0) is 17.9. The van der Waals surface area contributed by atoms with E-state index in [4.69, 9.17) is 4.74 Å². The van der Waals surface area contributed by atoms with Crippen LogP contribution in [0.15, 0.2) is 54.9 Å². The molecule has 3 aromatic rings. The van der Waals surface area contributed by atoms with Gasteiger partial charge in [0, 0.05) is 37.5 Å². The summed E-state index contributed by atoms with van der Waals surface area (Å²) in [5.41, 5.74) is 1.54. The SMILES string of the molecule is Cc1cn2c(n1)CCC(NC(=O)c1ccc(Oc3ccccc3)nc1)C2. The second-order valence-electron chi connectivity index (χ2n) is 6.46. The van der Waals surface area contributed by atoms with E-state index < -0.39 is 0 Å². The van der Waals surface area contributed by atoms with Crippen molar-refractivity contribution in [2.24, 2.45) is 0 Å². The zero-order valence-corrected chi connectivity index (χ0v) is 14.6. The summed E-state index contributed by atoms with van der Waals surface area (Å²) >= 11 is 0. The van der Waals surface area contributed by atoms with E-state index in [1.54, 1.807) is 18.3 Å². The molecule has 1 aliphatic heterocycles. The molecule has 0 radical (unpaired) electrons. The van der Waals surface area contributed by atoms with Gasteiger partial charge in [-0.2, -0.15) is 0 Å². The summed E-state index contributed by atoms with van der Waals surface area (Å²) in [7, 11) is 0. The number of benzene rings is 1. The van der Waals surface area contributed by atoms with E-state index in [1.807, 2.05) is 43.5 Å². The van der Waals surface area contributed by atoms with Gasteiger partial charge in [0.25, 0.3) is 5.91 Å². The number of hydrogen-bond donors (Lipinski definition) is 1. The predicted octanol–water partition coefficient (Wildman–Crippen LogP) is 3.12. The third kappa shape index (κ3) is 3.59. The van der Waals surface area contributed by atoms with Crippen LogP contribution in [0, 0.1) is 6.92 Å². The van der Waals surface area contributed by atoms with Crippen molar-refractivity contribution >= 4 is 5.91 Å². The van der Waals surface area contributed by atoms with E-state index >= 15 is 0 Å². The first kappa shape index (κ1) is 16.3. The fraction of sp³-hybridized carbons (Fsp3) is 0.250. The second-order valence-corrected chi connectivity index (χ2v) is 6.46. The van der Waals surface area contributed by atoms with Crippen LogP contribution in [0.3, 0.4) is 0 Å². The Morgan fingerprint density at radius 2 is 2.08 bits per heavy atom. The van der Waals surface area contributed by atoms with Crippen molar-refractivity contribution in [2.75, 3.05) is 0 Å². The highest BCUT2D eigenvalue weighted by atomic mass is 16.5. The number of nitrogens with one attached hydrogen (secondary N) is 1. The summed E-state index contributed by atoms with van der Waals surface area (Å²) in [6, 6.07) is 13.0. The number of aromatic nitrogens is 3. The first-order valence-electron chi connectivity index (χ1n) is 8.70. The average molecular weight is 348 g/mol. The molecule has 1 aliphatic rings. The molecule has 6 heteroatoms. The molecule has 1 amide bonds. The summed E-state index contributed by atoms with van der Waals surface area (Å²) in [5, 5.41) is 3.09. The minimum Gasteiger partial charge on any atom is -0.439 e. The lowest BCUT2D eigenvalue weighted by atomic mass is 10.1. The van der Waals surface area contributed by atoms with Crippen LogP contribution in [0.1, 0.15) is 28.3 Å². The number of carbonyl (C=O) groups is 1. The first-order valence-corrected chi connectivity index (χ1v) is 8.70. The van der Waals surface area contributed by atoms with Gasteiger partial charge in [0.1, 0.15) is 11.6 Å². The molecule has 0 spiro atoms. The summed E-state index contributed by atoms with van der Waals surface area (Å²) in [6.45, 7) is 2.74. The van der Waals surface area contributed by atoms with Gasteiger partial charge in [-0.25, -0.2) is 9.97 Å². The van der Waals surface area contributed by atoms with Gasteiger partial charge in [-0.15, -0.1) is 0 Å². The van der Waals surface area contributed by atoms with Crippen LogP contribution in [-0.2, 0) is 13.0 Å². The number of nitrogens with zero attached hydrogens (tertiary/aromatic N) is 3. The molecule has 1 aromatic carbocycles. The molecule has 4 rings (SSSR count). The quantitative estimate of drug-likeness (QED) is 0.786. The van der Waals surface area contributed by atoms with Crippen LogP contribution >= 0.6 is 0 Å². The topological polar surface area (TPSA) is 69.0 Å². The van der Waals surface area contributed by atoms with Crippen LogP contribution < -0.4 is 10.1 Å². The Morgan fingerprint density at radius 1 is 1.23 bits per heavy atom. The van der Waals surface area contributed by atoms with Gasteiger partial charge in [0.05, 0.1) is 11.3 Å². The number of para-hydroxylation sites is 1. The standard InChI is InChI=1S/C20H20N4O2/c1-14-12-24-13-16(8-9-18(24)22-14)23-20(25)15-7-10-19(21-11-15)26-17-5-3-2-4-6-17/h2-7,10-12,16H,8-9,13H2,1H3,(H,23,25). The minimum atomic E-state index is -0.117. The predicted molar refractivity (Wildman–Crippen MR) is 97.3 cm³/mol. The van der Waals surface area contributed by atoms with E-state index in [1.165, 1.54) is 0 Å². The highest BCUT2D eigenvalue weighted by molar-refractivity contribution is 5.94. The van der Waals surface area contributed by atoms with E-state index in [0.717, 1.165) is 30.9 Å². The normalized spacial score (nSPS) is 16.0. The number of hydrogen-bond acceptors (Lipinski definition) is 4. The maximum absolute atomic E-state index is 12.5. The van der Waals surface area contributed by atoms with Crippen molar-refractivity contribution in [1.29, 1.82) is 0 Å². The van der Waals surface area contributed by atoms with E-state index in [-0.39, 0.29) is 11.9 Å². The zero-order valence-electron chi connectivity index (χ0n) is 14.6. The number of imidazole rings is 1. The molecule has 0 fully saturated rings. The third-order valence-corrected chi connectivity index (χ3v) is 4.41. The molecular formula is C20H20N4O2. The molecule has 2 aromatic heterocycles. The number of fused-ring (bicyclic) bond motifs is 1. The monoisotopic (exact) mass is 348 g/mol.